The summed E-state index contributed by atoms with van der Waals surface area (Å²) in [6.07, 6.45) is 3.09. The molecule has 2 amide bonds. The number of hydrogen-bond acceptors (Lipinski definition) is 4. The smallest absolute Gasteiger partial charge is 0.326 e. The van der Waals surface area contributed by atoms with Crippen LogP contribution in [0, 0.1) is 5.92 Å². The zero-order valence-corrected chi connectivity index (χ0v) is 12.2. The zero-order valence-electron chi connectivity index (χ0n) is 11.3. The molecule has 0 aliphatic carbocycles. The molecule has 0 saturated carbocycles. The number of nitrogens with one attached hydrogen (secondary N) is 2. The Kier molecular flexibility index (Phi) is 7.01. The SMILES string of the molecule is CSCCC(NC(=O)NC1CCOCC1C)C(=O)O. The number of hydrogen-bond donors (Lipinski definition) is 3. The van der Waals surface area contributed by atoms with E-state index in [4.69, 9.17) is 9.84 Å². The first-order chi connectivity index (χ1) is 9.04. The molecule has 0 aromatic carbocycles. The highest BCUT2D eigenvalue weighted by atomic mass is 32.2. The molecule has 0 spiro atoms. The monoisotopic (exact) mass is 290 g/mol. The van der Waals surface area contributed by atoms with Crippen LogP contribution in [0.3, 0.4) is 0 Å². The van der Waals surface area contributed by atoms with Gasteiger partial charge < -0.3 is 20.5 Å². The van der Waals surface area contributed by atoms with E-state index in [2.05, 4.69) is 10.6 Å². The third-order valence-corrected chi connectivity index (χ3v) is 3.82. The maximum atomic E-state index is 11.8. The highest BCUT2D eigenvalue weighted by Crippen LogP contribution is 2.13. The summed E-state index contributed by atoms with van der Waals surface area (Å²) in [6, 6.07) is -1.20. The summed E-state index contributed by atoms with van der Waals surface area (Å²) in [5.41, 5.74) is 0. The van der Waals surface area contributed by atoms with Crippen molar-refractivity contribution in [3.05, 3.63) is 0 Å². The number of carbonyl (C=O) groups excluding carboxylic acids is 1. The number of carboxylic acids is 1. The minimum Gasteiger partial charge on any atom is -0.480 e. The minimum absolute atomic E-state index is 0.0451. The molecule has 1 heterocycles. The van der Waals surface area contributed by atoms with Crippen molar-refractivity contribution in [2.45, 2.75) is 31.8 Å². The summed E-state index contributed by atoms with van der Waals surface area (Å²) in [5.74, 6) is -0.0523. The summed E-state index contributed by atoms with van der Waals surface area (Å²) in [7, 11) is 0. The third kappa shape index (κ3) is 5.69. The minimum atomic E-state index is -0.996. The molecule has 19 heavy (non-hydrogen) atoms. The number of carbonyl (C=O) groups is 2. The standard InChI is InChI=1S/C12H22N2O4S/c1-8-7-18-5-3-9(8)13-12(17)14-10(11(15)16)4-6-19-2/h8-10H,3-7H2,1-2H3,(H,15,16)(H2,13,14,17). The van der Waals surface area contributed by atoms with E-state index in [1.807, 2.05) is 13.2 Å². The van der Waals surface area contributed by atoms with Gasteiger partial charge in [0.1, 0.15) is 6.04 Å². The largest absolute Gasteiger partial charge is 0.480 e. The fourth-order valence-corrected chi connectivity index (χ4v) is 2.43. The van der Waals surface area contributed by atoms with Crippen LogP contribution in [0.25, 0.3) is 0 Å². The van der Waals surface area contributed by atoms with Gasteiger partial charge in [0.2, 0.25) is 0 Å². The summed E-state index contributed by atoms with van der Waals surface area (Å²) in [5, 5.41) is 14.4. The second-order valence-corrected chi connectivity index (χ2v) is 5.72. The Morgan fingerprint density at radius 3 is 2.84 bits per heavy atom. The molecular formula is C12H22N2O4S. The maximum absolute atomic E-state index is 11.8. The van der Waals surface area contributed by atoms with Gasteiger partial charge in [-0.1, -0.05) is 6.92 Å². The van der Waals surface area contributed by atoms with Crippen molar-refractivity contribution in [2.75, 3.05) is 25.2 Å². The van der Waals surface area contributed by atoms with Gasteiger partial charge in [-0.15, -0.1) is 0 Å². The molecule has 0 radical (unpaired) electrons. The van der Waals surface area contributed by atoms with E-state index in [0.29, 0.717) is 25.4 Å². The van der Waals surface area contributed by atoms with Gasteiger partial charge in [-0.3, -0.25) is 0 Å². The Labute approximate surface area is 117 Å². The number of urea groups is 1. The Balaban J connectivity index is 2.40. The van der Waals surface area contributed by atoms with Crippen molar-refractivity contribution in [1.29, 1.82) is 0 Å². The van der Waals surface area contributed by atoms with E-state index < -0.39 is 18.0 Å². The van der Waals surface area contributed by atoms with Crippen molar-refractivity contribution in [2.24, 2.45) is 5.92 Å². The molecule has 6 nitrogen and oxygen atoms in total. The van der Waals surface area contributed by atoms with Gasteiger partial charge >= 0.3 is 12.0 Å². The summed E-state index contributed by atoms with van der Waals surface area (Å²) >= 11 is 1.56. The number of thioether (sulfide) groups is 1. The van der Waals surface area contributed by atoms with Crippen molar-refractivity contribution in [3.63, 3.8) is 0 Å². The van der Waals surface area contributed by atoms with Gasteiger partial charge in [-0.2, -0.15) is 11.8 Å². The second-order valence-electron chi connectivity index (χ2n) is 4.74. The average Bonchev–Trinajstić information content (AvgIpc) is 2.37. The van der Waals surface area contributed by atoms with Gasteiger partial charge in [-0.25, -0.2) is 9.59 Å². The lowest BCUT2D eigenvalue weighted by Crippen LogP contribution is -2.52. The van der Waals surface area contributed by atoms with Crippen LogP contribution < -0.4 is 10.6 Å². The molecule has 3 unspecified atom stereocenters. The molecule has 1 aliphatic rings. The average molecular weight is 290 g/mol. The molecule has 0 aromatic rings. The van der Waals surface area contributed by atoms with Crippen molar-refractivity contribution >= 4 is 23.8 Å². The molecule has 3 N–H and O–H groups in total. The van der Waals surface area contributed by atoms with Crippen LogP contribution in [0.15, 0.2) is 0 Å². The first-order valence-electron chi connectivity index (χ1n) is 6.41. The quantitative estimate of drug-likeness (QED) is 0.677. The fraction of sp³-hybridized carbons (Fsp3) is 0.833. The van der Waals surface area contributed by atoms with Gasteiger partial charge in [0.25, 0.3) is 0 Å². The normalized spacial score (nSPS) is 24.5. The van der Waals surface area contributed by atoms with Crippen LogP contribution in [-0.2, 0) is 9.53 Å². The predicted octanol–water partition coefficient (Wildman–Crippen LogP) is 0.917. The van der Waals surface area contributed by atoms with Crippen LogP contribution in [0.5, 0.6) is 0 Å². The van der Waals surface area contributed by atoms with Crippen LogP contribution in [0.4, 0.5) is 4.79 Å². The molecule has 1 saturated heterocycles. The predicted molar refractivity (Wildman–Crippen MR) is 74.5 cm³/mol. The first-order valence-corrected chi connectivity index (χ1v) is 7.80. The number of carboxylic acid groups (broad SMARTS) is 1. The molecule has 0 bridgehead atoms. The van der Waals surface area contributed by atoms with E-state index >= 15 is 0 Å². The van der Waals surface area contributed by atoms with Crippen molar-refractivity contribution in [1.82, 2.24) is 10.6 Å². The van der Waals surface area contributed by atoms with Crippen LogP contribution in [0.2, 0.25) is 0 Å². The number of amides is 2. The Morgan fingerprint density at radius 2 is 2.26 bits per heavy atom. The maximum Gasteiger partial charge on any atom is 0.326 e. The van der Waals surface area contributed by atoms with Crippen LogP contribution in [0.1, 0.15) is 19.8 Å². The highest BCUT2D eigenvalue weighted by molar-refractivity contribution is 7.98. The Bertz CT molecular complexity index is 314. The van der Waals surface area contributed by atoms with Gasteiger partial charge in [0.15, 0.2) is 0 Å². The number of rotatable bonds is 6. The lowest BCUT2D eigenvalue weighted by Gasteiger charge is -2.30. The topological polar surface area (TPSA) is 87.7 Å². The van der Waals surface area contributed by atoms with Gasteiger partial charge in [0, 0.05) is 12.6 Å². The number of ether oxygens (including phenoxy) is 1. The number of aliphatic carboxylic acids is 1. The van der Waals surface area contributed by atoms with Crippen LogP contribution in [-0.4, -0.2) is 54.4 Å². The van der Waals surface area contributed by atoms with Crippen molar-refractivity contribution < 1.29 is 19.4 Å². The van der Waals surface area contributed by atoms with Crippen LogP contribution >= 0.6 is 11.8 Å². The second kappa shape index (κ2) is 8.27. The molecule has 7 heteroatoms. The van der Waals surface area contributed by atoms with E-state index in [1.165, 1.54) is 0 Å². The van der Waals surface area contributed by atoms with Crippen molar-refractivity contribution in [3.8, 4) is 0 Å². The lowest BCUT2D eigenvalue weighted by atomic mass is 9.98. The van der Waals surface area contributed by atoms with Gasteiger partial charge in [0.05, 0.1) is 6.61 Å². The highest BCUT2D eigenvalue weighted by Gasteiger charge is 2.25. The molecule has 0 aromatic heterocycles. The van der Waals surface area contributed by atoms with E-state index in [0.717, 1.165) is 6.42 Å². The molecule has 1 rings (SSSR count). The summed E-state index contributed by atoms with van der Waals surface area (Å²) in [4.78, 5) is 22.8. The van der Waals surface area contributed by atoms with E-state index in [-0.39, 0.29) is 12.0 Å². The molecule has 1 fully saturated rings. The lowest BCUT2D eigenvalue weighted by molar-refractivity contribution is -0.139. The zero-order chi connectivity index (χ0) is 14.3. The molecule has 3 atom stereocenters. The third-order valence-electron chi connectivity index (χ3n) is 3.17. The molecule has 110 valence electrons. The molecule has 1 aliphatic heterocycles. The van der Waals surface area contributed by atoms with E-state index in [1.54, 1.807) is 11.8 Å². The van der Waals surface area contributed by atoms with E-state index in [9.17, 15) is 9.59 Å². The summed E-state index contributed by atoms with van der Waals surface area (Å²) < 4.78 is 5.30. The fourth-order valence-electron chi connectivity index (χ4n) is 1.96. The molecular weight excluding hydrogens is 268 g/mol. The Hall–Kier alpha value is -0.950. The first kappa shape index (κ1) is 16.1. The summed E-state index contributed by atoms with van der Waals surface area (Å²) in [6.45, 7) is 3.26. The Morgan fingerprint density at radius 1 is 1.53 bits per heavy atom. The van der Waals surface area contributed by atoms with Gasteiger partial charge in [-0.05, 0) is 30.8 Å².